The molecule has 0 radical (unpaired) electrons. The van der Waals surface area contributed by atoms with Crippen molar-refractivity contribution in [3.8, 4) is 0 Å². The zero-order valence-corrected chi connectivity index (χ0v) is 11.3. The van der Waals surface area contributed by atoms with Gasteiger partial charge in [-0.2, -0.15) is 0 Å². The van der Waals surface area contributed by atoms with Gasteiger partial charge in [-0.25, -0.2) is 8.78 Å². The molecule has 0 fully saturated rings. The van der Waals surface area contributed by atoms with Crippen LogP contribution in [0.25, 0.3) is 0 Å². The summed E-state index contributed by atoms with van der Waals surface area (Å²) in [5, 5.41) is 10.5. The number of aryl methyl sites for hydroxylation is 2. The van der Waals surface area contributed by atoms with Crippen molar-refractivity contribution in [1.82, 2.24) is 0 Å². The third kappa shape index (κ3) is 2.62. The molecule has 0 aliphatic rings. The smallest absolute Gasteiger partial charge is 0.164 e. The van der Waals surface area contributed by atoms with Crippen molar-refractivity contribution >= 4 is 11.6 Å². The minimum Gasteiger partial charge on any atom is -0.383 e. The molecule has 100 valence electrons. The van der Waals surface area contributed by atoms with E-state index < -0.39 is 17.7 Å². The lowest BCUT2D eigenvalue weighted by Gasteiger charge is -2.16. The molecule has 2 aromatic carbocycles. The van der Waals surface area contributed by atoms with Crippen molar-refractivity contribution < 1.29 is 13.9 Å². The second-order valence-corrected chi connectivity index (χ2v) is 4.91. The van der Waals surface area contributed by atoms with Gasteiger partial charge < -0.3 is 5.11 Å². The third-order valence-electron chi connectivity index (χ3n) is 3.18. The number of aliphatic hydroxyl groups excluding tert-OH is 1. The molecule has 0 aliphatic heterocycles. The largest absolute Gasteiger partial charge is 0.383 e. The molecule has 1 atom stereocenters. The number of hydrogen-bond donors (Lipinski definition) is 1. The zero-order chi connectivity index (χ0) is 14.2. The van der Waals surface area contributed by atoms with Crippen LogP contribution in [0.15, 0.2) is 30.3 Å². The van der Waals surface area contributed by atoms with E-state index in [9.17, 15) is 13.9 Å². The second-order valence-electron chi connectivity index (χ2n) is 4.50. The van der Waals surface area contributed by atoms with Crippen LogP contribution in [0.1, 0.15) is 28.4 Å². The SMILES string of the molecule is Cc1cc(Cl)c(C(O)c2cccc(F)c2F)cc1C. The van der Waals surface area contributed by atoms with Gasteiger partial charge in [0.2, 0.25) is 0 Å². The van der Waals surface area contributed by atoms with E-state index in [2.05, 4.69) is 0 Å². The van der Waals surface area contributed by atoms with Crippen molar-refractivity contribution in [3.63, 3.8) is 0 Å². The summed E-state index contributed by atoms with van der Waals surface area (Å²) in [6.07, 6.45) is -1.29. The Morgan fingerprint density at radius 2 is 1.68 bits per heavy atom. The summed E-state index contributed by atoms with van der Waals surface area (Å²) < 4.78 is 26.9. The van der Waals surface area contributed by atoms with Crippen LogP contribution in [0.4, 0.5) is 8.78 Å². The first-order valence-corrected chi connectivity index (χ1v) is 6.18. The minimum absolute atomic E-state index is 0.120. The molecule has 0 amide bonds. The normalized spacial score (nSPS) is 12.5. The number of hydrogen-bond acceptors (Lipinski definition) is 1. The van der Waals surface area contributed by atoms with Crippen LogP contribution < -0.4 is 0 Å². The van der Waals surface area contributed by atoms with Gasteiger partial charge in [-0.3, -0.25) is 0 Å². The van der Waals surface area contributed by atoms with Crippen LogP contribution in [0.5, 0.6) is 0 Å². The number of rotatable bonds is 2. The lowest BCUT2D eigenvalue weighted by atomic mass is 9.97. The van der Waals surface area contributed by atoms with E-state index in [4.69, 9.17) is 11.6 Å². The molecule has 0 saturated heterocycles. The van der Waals surface area contributed by atoms with Crippen molar-refractivity contribution in [2.75, 3.05) is 0 Å². The number of benzene rings is 2. The second kappa shape index (κ2) is 5.27. The molecule has 0 spiro atoms. The van der Waals surface area contributed by atoms with Crippen molar-refractivity contribution in [2.45, 2.75) is 20.0 Å². The fraction of sp³-hybridized carbons (Fsp3) is 0.200. The molecule has 0 aliphatic carbocycles. The van der Waals surface area contributed by atoms with Gasteiger partial charge in [0.15, 0.2) is 11.6 Å². The van der Waals surface area contributed by atoms with E-state index in [1.165, 1.54) is 12.1 Å². The highest BCUT2D eigenvalue weighted by atomic mass is 35.5. The lowest BCUT2D eigenvalue weighted by molar-refractivity contribution is 0.213. The van der Waals surface area contributed by atoms with Crippen LogP contribution in [-0.4, -0.2) is 5.11 Å². The molecule has 1 nitrogen and oxygen atoms in total. The van der Waals surface area contributed by atoms with Gasteiger partial charge in [0.1, 0.15) is 6.10 Å². The molecular formula is C15H13ClF2O. The highest BCUT2D eigenvalue weighted by Gasteiger charge is 2.20. The maximum absolute atomic E-state index is 13.7. The fourth-order valence-electron chi connectivity index (χ4n) is 1.91. The first-order valence-electron chi connectivity index (χ1n) is 5.80. The topological polar surface area (TPSA) is 20.2 Å². The number of aliphatic hydroxyl groups is 1. The molecule has 0 aromatic heterocycles. The van der Waals surface area contributed by atoms with Gasteiger partial charge in [0, 0.05) is 16.1 Å². The summed E-state index contributed by atoms with van der Waals surface area (Å²) in [6, 6.07) is 7.09. The number of halogens is 3. The third-order valence-corrected chi connectivity index (χ3v) is 3.51. The maximum atomic E-state index is 13.7. The Kier molecular flexibility index (Phi) is 3.88. The van der Waals surface area contributed by atoms with Crippen LogP contribution in [0.3, 0.4) is 0 Å². The molecule has 2 aromatic rings. The predicted octanol–water partition coefficient (Wildman–Crippen LogP) is 4.32. The first-order chi connectivity index (χ1) is 8.91. The Bertz CT molecular complexity index is 626. The Labute approximate surface area is 115 Å². The van der Waals surface area contributed by atoms with Crippen LogP contribution in [0.2, 0.25) is 5.02 Å². The lowest BCUT2D eigenvalue weighted by Crippen LogP contribution is -2.05. The summed E-state index contributed by atoms with van der Waals surface area (Å²) in [4.78, 5) is 0. The van der Waals surface area contributed by atoms with Crippen molar-refractivity contribution in [1.29, 1.82) is 0 Å². The Morgan fingerprint density at radius 3 is 2.37 bits per heavy atom. The summed E-state index contributed by atoms with van der Waals surface area (Å²) >= 11 is 6.06. The minimum atomic E-state index is -1.29. The van der Waals surface area contributed by atoms with Crippen LogP contribution >= 0.6 is 11.6 Å². The molecule has 0 bridgehead atoms. The highest BCUT2D eigenvalue weighted by Crippen LogP contribution is 2.32. The maximum Gasteiger partial charge on any atom is 0.164 e. The van der Waals surface area contributed by atoms with E-state index in [0.29, 0.717) is 10.6 Å². The van der Waals surface area contributed by atoms with E-state index >= 15 is 0 Å². The molecule has 1 unspecified atom stereocenters. The fourth-order valence-corrected chi connectivity index (χ4v) is 2.23. The Hall–Kier alpha value is -1.45. The first kappa shape index (κ1) is 14.0. The predicted molar refractivity (Wildman–Crippen MR) is 71.3 cm³/mol. The van der Waals surface area contributed by atoms with Crippen molar-refractivity contribution in [3.05, 3.63) is 69.2 Å². The molecule has 0 heterocycles. The van der Waals surface area contributed by atoms with Gasteiger partial charge in [0.25, 0.3) is 0 Å². The van der Waals surface area contributed by atoms with Gasteiger partial charge in [0.05, 0.1) is 0 Å². The van der Waals surface area contributed by atoms with E-state index in [0.717, 1.165) is 17.2 Å². The van der Waals surface area contributed by atoms with Gasteiger partial charge in [-0.15, -0.1) is 0 Å². The van der Waals surface area contributed by atoms with Gasteiger partial charge >= 0.3 is 0 Å². The molecule has 1 N–H and O–H groups in total. The van der Waals surface area contributed by atoms with Gasteiger partial charge in [-0.1, -0.05) is 29.8 Å². The molecular weight excluding hydrogens is 270 g/mol. The molecule has 4 heteroatoms. The zero-order valence-electron chi connectivity index (χ0n) is 10.5. The Morgan fingerprint density at radius 1 is 1.05 bits per heavy atom. The standard InChI is InChI=1S/C15H13ClF2O/c1-8-6-11(12(16)7-9(8)2)15(19)10-4-3-5-13(17)14(10)18/h3-7,15,19H,1-2H3. The molecule has 2 rings (SSSR count). The summed E-state index contributed by atoms with van der Waals surface area (Å²) in [5.74, 6) is -2.04. The van der Waals surface area contributed by atoms with Crippen LogP contribution in [-0.2, 0) is 0 Å². The monoisotopic (exact) mass is 282 g/mol. The quantitative estimate of drug-likeness (QED) is 0.870. The van der Waals surface area contributed by atoms with E-state index in [1.807, 2.05) is 13.8 Å². The van der Waals surface area contributed by atoms with Crippen LogP contribution in [0, 0.1) is 25.5 Å². The summed E-state index contributed by atoms with van der Waals surface area (Å²) in [7, 11) is 0. The summed E-state index contributed by atoms with van der Waals surface area (Å²) in [5.41, 5.74) is 2.15. The summed E-state index contributed by atoms with van der Waals surface area (Å²) in [6.45, 7) is 3.75. The van der Waals surface area contributed by atoms with E-state index in [1.54, 1.807) is 12.1 Å². The highest BCUT2D eigenvalue weighted by molar-refractivity contribution is 6.31. The van der Waals surface area contributed by atoms with E-state index in [-0.39, 0.29) is 5.56 Å². The molecule has 0 saturated carbocycles. The molecule has 19 heavy (non-hydrogen) atoms. The average molecular weight is 283 g/mol. The van der Waals surface area contributed by atoms with Crippen molar-refractivity contribution in [2.24, 2.45) is 0 Å². The Balaban J connectivity index is 2.53. The average Bonchev–Trinajstić information content (AvgIpc) is 2.36. The van der Waals surface area contributed by atoms with Gasteiger partial charge in [-0.05, 0) is 37.1 Å².